The molecule has 3 heterocycles. The molecule has 1 aliphatic rings. The molecule has 6 rings (SSSR count). The maximum absolute atomic E-state index is 8.08. The first kappa shape index (κ1) is 16.6. The number of aliphatic imine (C=N–C) groups is 1. The average Bonchev–Trinajstić information content (AvgIpc) is 3.46. The van der Waals surface area contributed by atoms with Crippen molar-refractivity contribution in [3.63, 3.8) is 0 Å². The fourth-order valence-electron chi connectivity index (χ4n) is 4.34. The van der Waals surface area contributed by atoms with E-state index in [-0.39, 0.29) is 5.92 Å². The molecule has 2 aromatic heterocycles. The number of nitrogens with zero attached hydrogens (tertiary/aromatic N) is 5. The van der Waals surface area contributed by atoms with Crippen LogP contribution in [-0.2, 0) is 0 Å². The largest absolute Gasteiger partial charge is 0.306 e. The molecular formula is C23H14N6O. The van der Waals surface area contributed by atoms with Crippen molar-refractivity contribution in [2.45, 2.75) is 12.0 Å². The third kappa shape index (κ3) is 2.31. The summed E-state index contributed by atoms with van der Waals surface area (Å²) in [6.07, 6.45) is 1.74. The molecule has 5 aromatic rings. The Morgan fingerprint density at radius 3 is 2.73 bits per heavy atom. The molecule has 0 radical (unpaired) electrons. The van der Waals surface area contributed by atoms with Crippen LogP contribution in [0, 0.1) is 6.57 Å². The van der Waals surface area contributed by atoms with Crippen LogP contribution in [-0.4, -0.2) is 32.3 Å². The Morgan fingerprint density at radius 1 is 0.933 bits per heavy atom. The standard InChI is InChI=1S/C23H14N6O/c1-24-22-19(16-10-5-11-18-20(16)29-30-28-18)17-12-25-27-23(17)26-21(22)15-9-4-7-13-6-2-3-8-14(13)15/h2-12,19,22H,(H,25,27). The third-order valence-corrected chi connectivity index (χ3v) is 5.67. The number of aromatic nitrogens is 4. The normalized spacial score (nSPS) is 18.2. The van der Waals surface area contributed by atoms with Crippen molar-refractivity contribution in [1.29, 1.82) is 0 Å². The third-order valence-electron chi connectivity index (χ3n) is 5.67. The van der Waals surface area contributed by atoms with Gasteiger partial charge in [0.15, 0.2) is 5.82 Å². The molecule has 1 N–H and O–H groups in total. The van der Waals surface area contributed by atoms with Crippen LogP contribution in [0.3, 0.4) is 0 Å². The molecule has 7 nitrogen and oxygen atoms in total. The lowest BCUT2D eigenvalue weighted by Crippen LogP contribution is -2.30. The van der Waals surface area contributed by atoms with Crippen molar-refractivity contribution >= 4 is 33.3 Å². The van der Waals surface area contributed by atoms with Crippen LogP contribution < -0.4 is 0 Å². The number of aromatic amines is 1. The van der Waals surface area contributed by atoms with Crippen LogP contribution in [0.1, 0.15) is 22.6 Å². The van der Waals surface area contributed by atoms with Gasteiger partial charge in [0.05, 0.1) is 12.1 Å². The van der Waals surface area contributed by atoms with E-state index in [1.54, 1.807) is 6.20 Å². The fourth-order valence-corrected chi connectivity index (χ4v) is 4.34. The molecule has 0 aliphatic carbocycles. The van der Waals surface area contributed by atoms with Gasteiger partial charge in [-0.25, -0.2) is 16.2 Å². The number of rotatable bonds is 2. The van der Waals surface area contributed by atoms with Crippen molar-refractivity contribution in [1.82, 2.24) is 20.5 Å². The van der Waals surface area contributed by atoms with Gasteiger partial charge in [0.2, 0.25) is 0 Å². The van der Waals surface area contributed by atoms with Gasteiger partial charge in [-0.1, -0.05) is 54.6 Å². The van der Waals surface area contributed by atoms with Gasteiger partial charge in [0.1, 0.15) is 16.7 Å². The van der Waals surface area contributed by atoms with E-state index in [4.69, 9.17) is 16.2 Å². The first-order valence-electron chi connectivity index (χ1n) is 9.53. The summed E-state index contributed by atoms with van der Waals surface area (Å²) in [6.45, 7) is 8.08. The molecule has 3 aromatic carbocycles. The molecular weight excluding hydrogens is 376 g/mol. The first-order chi connectivity index (χ1) is 14.8. The Morgan fingerprint density at radius 2 is 1.80 bits per heavy atom. The van der Waals surface area contributed by atoms with Gasteiger partial charge < -0.3 is 4.85 Å². The number of nitrogens with one attached hydrogen (secondary N) is 1. The highest BCUT2D eigenvalue weighted by molar-refractivity contribution is 6.16. The lowest BCUT2D eigenvalue weighted by Gasteiger charge is -2.24. The zero-order valence-corrected chi connectivity index (χ0v) is 15.6. The summed E-state index contributed by atoms with van der Waals surface area (Å²) in [6, 6.07) is 19.4. The van der Waals surface area contributed by atoms with Crippen LogP contribution in [0.15, 0.2) is 76.5 Å². The highest BCUT2D eigenvalue weighted by Gasteiger charge is 2.42. The monoisotopic (exact) mass is 390 g/mol. The molecule has 0 saturated heterocycles. The highest BCUT2D eigenvalue weighted by atomic mass is 16.6. The van der Waals surface area contributed by atoms with Gasteiger partial charge in [-0.15, -0.1) is 0 Å². The number of benzene rings is 3. The van der Waals surface area contributed by atoms with Gasteiger partial charge in [-0.3, -0.25) is 5.10 Å². The number of hydrogen-bond donors (Lipinski definition) is 1. The Bertz CT molecular complexity index is 1480. The second-order valence-corrected chi connectivity index (χ2v) is 7.23. The van der Waals surface area contributed by atoms with E-state index in [1.165, 1.54) is 0 Å². The number of fused-ring (bicyclic) bond motifs is 3. The Balaban J connectivity index is 1.63. The topological polar surface area (TPSA) is 84.3 Å². The molecule has 2 atom stereocenters. The number of hydrogen-bond acceptors (Lipinski definition) is 5. The van der Waals surface area contributed by atoms with Crippen molar-refractivity contribution in [2.75, 3.05) is 0 Å². The molecule has 2 unspecified atom stereocenters. The lowest BCUT2D eigenvalue weighted by molar-refractivity contribution is 0.315. The van der Waals surface area contributed by atoms with Crippen molar-refractivity contribution < 1.29 is 4.63 Å². The summed E-state index contributed by atoms with van der Waals surface area (Å²) >= 11 is 0. The molecule has 7 heteroatoms. The fraction of sp³-hybridized carbons (Fsp3) is 0.0870. The maximum atomic E-state index is 8.08. The van der Waals surface area contributed by atoms with Crippen LogP contribution in [0.2, 0.25) is 0 Å². The highest BCUT2D eigenvalue weighted by Crippen LogP contribution is 2.43. The second kappa shape index (κ2) is 6.36. The predicted octanol–water partition coefficient (Wildman–Crippen LogP) is 4.65. The van der Waals surface area contributed by atoms with E-state index in [1.807, 2.05) is 42.5 Å². The summed E-state index contributed by atoms with van der Waals surface area (Å²) < 4.78 is 4.97. The van der Waals surface area contributed by atoms with Crippen molar-refractivity contribution in [3.05, 3.63) is 95.0 Å². The van der Waals surface area contributed by atoms with Crippen LogP contribution in [0.5, 0.6) is 0 Å². The Hall–Kier alpha value is -4.31. The molecule has 1 aliphatic heterocycles. The van der Waals surface area contributed by atoms with Gasteiger partial charge in [0, 0.05) is 11.1 Å². The summed E-state index contributed by atoms with van der Waals surface area (Å²) in [5.41, 5.74) is 4.74. The minimum absolute atomic E-state index is 0.293. The molecule has 0 fully saturated rings. The average molecular weight is 390 g/mol. The molecule has 142 valence electrons. The number of H-pyrrole nitrogens is 1. The SMILES string of the molecule is [C-]#[N+]C1C(c2cccc3ccccc23)=Nc2[nH]ncc2C1c1cccc2nonc12. The second-order valence-electron chi connectivity index (χ2n) is 7.23. The zero-order chi connectivity index (χ0) is 20.1. The summed E-state index contributed by atoms with van der Waals surface area (Å²) in [7, 11) is 0. The van der Waals surface area contributed by atoms with Gasteiger partial charge >= 0.3 is 0 Å². The van der Waals surface area contributed by atoms with Gasteiger partial charge in [-0.2, -0.15) is 5.10 Å². The smallest absolute Gasteiger partial charge is 0.276 e. The minimum atomic E-state index is -0.539. The maximum Gasteiger partial charge on any atom is 0.276 e. The van der Waals surface area contributed by atoms with Crippen LogP contribution in [0.4, 0.5) is 5.82 Å². The molecule has 0 amide bonds. The van der Waals surface area contributed by atoms with E-state index in [0.717, 1.165) is 33.2 Å². The Kier molecular flexibility index (Phi) is 3.52. The van der Waals surface area contributed by atoms with E-state index >= 15 is 0 Å². The molecule has 30 heavy (non-hydrogen) atoms. The van der Waals surface area contributed by atoms with E-state index in [9.17, 15) is 0 Å². The quantitative estimate of drug-likeness (QED) is 0.445. The van der Waals surface area contributed by atoms with E-state index < -0.39 is 6.04 Å². The van der Waals surface area contributed by atoms with Crippen LogP contribution in [0.25, 0.3) is 26.7 Å². The van der Waals surface area contributed by atoms with Crippen molar-refractivity contribution in [2.24, 2.45) is 4.99 Å². The summed E-state index contributed by atoms with van der Waals surface area (Å²) in [5, 5.41) is 17.5. The van der Waals surface area contributed by atoms with Gasteiger partial charge in [0.25, 0.3) is 6.04 Å². The Labute approximate surface area is 170 Å². The summed E-state index contributed by atoms with van der Waals surface area (Å²) in [5.74, 6) is 0.370. The molecule has 0 spiro atoms. The van der Waals surface area contributed by atoms with Crippen LogP contribution >= 0.6 is 0 Å². The lowest BCUT2D eigenvalue weighted by atomic mass is 9.79. The molecule has 0 saturated carbocycles. The zero-order valence-electron chi connectivity index (χ0n) is 15.6. The summed E-state index contributed by atoms with van der Waals surface area (Å²) in [4.78, 5) is 8.89. The predicted molar refractivity (Wildman–Crippen MR) is 113 cm³/mol. The molecule has 0 bridgehead atoms. The first-order valence-corrected chi connectivity index (χ1v) is 9.53. The minimum Gasteiger partial charge on any atom is -0.306 e. The van der Waals surface area contributed by atoms with Crippen molar-refractivity contribution in [3.8, 4) is 0 Å². The van der Waals surface area contributed by atoms with Gasteiger partial charge in [-0.05, 0) is 32.7 Å². The van der Waals surface area contributed by atoms with E-state index in [0.29, 0.717) is 16.9 Å². The van der Waals surface area contributed by atoms with E-state index in [2.05, 4.69) is 43.6 Å².